The maximum absolute atomic E-state index is 11.9. The predicted molar refractivity (Wildman–Crippen MR) is 94.7 cm³/mol. The largest absolute Gasteiger partial charge is 0.444 e. The Bertz CT molecular complexity index is 676. The second-order valence-electron chi connectivity index (χ2n) is 7.14. The third-order valence-corrected chi connectivity index (χ3v) is 3.82. The lowest BCUT2D eigenvalue weighted by atomic mass is 9.81. The molecule has 0 aliphatic rings. The highest BCUT2D eigenvalue weighted by molar-refractivity contribution is 5.68. The van der Waals surface area contributed by atoms with Crippen LogP contribution in [0, 0.1) is 0 Å². The summed E-state index contributed by atoms with van der Waals surface area (Å²) >= 11 is 0. The molecule has 0 saturated heterocycles. The first kappa shape index (κ1) is 18.0. The molecule has 0 fully saturated rings. The fourth-order valence-electron chi connectivity index (χ4n) is 2.43. The van der Waals surface area contributed by atoms with Gasteiger partial charge in [-0.05, 0) is 26.3 Å². The maximum atomic E-state index is 11.9. The number of hydrogen-bond acceptors (Lipinski definition) is 4. The van der Waals surface area contributed by atoms with E-state index in [2.05, 4.69) is 15.5 Å². The minimum atomic E-state index is -0.534. The van der Waals surface area contributed by atoms with E-state index in [4.69, 9.17) is 10.5 Å². The van der Waals surface area contributed by atoms with Crippen LogP contribution < -0.4 is 11.1 Å². The minimum Gasteiger partial charge on any atom is -0.444 e. The number of benzene rings is 1. The van der Waals surface area contributed by atoms with E-state index < -0.39 is 17.1 Å². The molecule has 0 saturated carbocycles. The molecule has 1 amide bonds. The Morgan fingerprint density at radius 1 is 1.25 bits per heavy atom. The molecule has 0 aliphatic carbocycles. The van der Waals surface area contributed by atoms with Gasteiger partial charge >= 0.3 is 6.09 Å². The molecule has 6 heteroatoms. The first-order chi connectivity index (χ1) is 11.2. The number of H-pyrrole nitrogens is 1. The van der Waals surface area contributed by atoms with Crippen molar-refractivity contribution in [2.45, 2.75) is 38.7 Å². The van der Waals surface area contributed by atoms with Gasteiger partial charge < -0.3 is 15.8 Å². The first-order valence-electron chi connectivity index (χ1n) is 8.01. The molecular formula is C18H26N4O2. The van der Waals surface area contributed by atoms with Gasteiger partial charge in [-0.15, -0.1) is 0 Å². The predicted octanol–water partition coefficient (Wildman–Crippen LogP) is 2.82. The van der Waals surface area contributed by atoms with Crippen molar-refractivity contribution in [3.8, 4) is 11.3 Å². The number of nitrogens with two attached hydrogens (primary N) is 1. The average Bonchev–Trinajstić information content (AvgIpc) is 3.02. The van der Waals surface area contributed by atoms with E-state index in [0.29, 0.717) is 13.1 Å². The van der Waals surface area contributed by atoms with Crippen LogP contribution in [0.2, 0.25) is 0 Å². The number of carbonyl (C=O) groups is 1. The summed E-state index contributed by atoms with van der Waals surface area (Å²) in [5.41, 5.74) is 7.93. The fourth-order valence-corrected chi connectivity index (χ4v) is 2.43. The zero-order valence-electron chi connectivity index (χ0n) is 14.7. The van der Waals surface area contributed by atoms with Gasteiger partial charge in [-0.1, -0.05) is 37.3 Å². The standard InChI is InChI=1S/C18H26N4O2/c1-17(2,3)24-16(23)20-12-18(4,11-19)14-10-21-22-15(14)13-8-6-5-7-9-13/h5-10H,11-12,19H2,1-4H3,(H,20,23)(H,21,22). The molecule has 0 aliphatic heterocycles. The van der Waals surface area contributed by atoms with Gasteiger partial charge in [-0.3, -0.25) is 5.10 Å². The molecule has 1 atom stereocenters. The van der Waals surface area contributed by atoms with Crippen molar-refractivity contribution >= 4 is 6.09 Å². The van der Waals surface area contributed by atoms with Crippen LogP contribution in [0.4, 0.5) is 4.79 Å². The van der Waals surface area contributed by atoms with E-state index in [-0.39, 0.29) is 0 Å². The van der Waals surface area contributed by atoms with Gasteiger partial charge in [0.05, 0.1) is 11.9 Å². The normalized spacial score (nSPS) is 14.0. The number of rotatable bonds is 5. The van der Waals surface area contributed by atoms with Crippen molar-refractivity contribution in [1.82, 2.24) is 15.5 Å². The summed E-state index contributed by atoms with van der Waals surface area (Å²) in [6.07, 6.45) is 1.32. The summed E-state index contributed by atoms with van der Waals surface area (Å²) in [6.45, 7) is 8.22. The summed E-state index contributed by atoms with van der Waals surface area (Å²) in [6, 6.07) is 9.92. The van der Waals surface area contributed by atoms with Gasteiger partial charge in [0, 0.05) is 24.1 Å². The minimum absolute atomic E-state index is 0.359. The summed E-state index contributed by atoms with van der Waals surface area (Å²) in [7, 11) is 0. The van der Waals surface area contributed by atoms with Crippen LogP contribution >= 0.6 is 0 Å². The lowest BCUT2D eigenvalue weighted by Gasteiger charge is -2.29. The smallest absolute Gasteiger partial charge is 0.407 e. The van der Waals surface area contributed by atoms with Crippen molar-refractivity contribution in [3.63, 3.8) is 0 Å². The molecule has 0 spiro atoms. The quantitative estimate of drug-likeness (QED) is 0.786. The van der Waals surface area contributed by atoms with Gasteiger partial charge in [0.1, 0.15) is 5.60 Å². The number of nitrogens with one attached hydrogen (secondary N) is 2. The zero-order valence-corrected chi connectivity index (χ0v) is 14.7. The van der Waals surface area contributed by atoms with Gasteiger partial charge in [0.25, 0.3) is 0 Å². The summed E-state index contributed by atoms with van der Waals surface area (Å²) < 4.78 is 5.30. The van der Waals surface area contributed by atoms with Crippen LogP contribution in [0.5, 0.6) is 0 Å². The van der Waals surface area contributed by atoms with Crippen LogP contribution in [-0.2, 0) is 10.2 Å². The number of aromatic nitrogens is 2. The van der Waals surface area contributed by atoms with E-state index in [1.807, 2.05) is 58.0 Å². The Labute approximate surface area is 142 Å². The molecule has 4 N–H and O–H groups in total. The molecule has 1 aromatic heterocycles. The van der Waals surface area contributed by atoms with Crippen molar-refractivity contribution in [1.29, 1.82) is 0 Å². The topological polar surface area (TPSA) is 93.0 Å². The van der Waals surface area contributed by atoms with E-state index in [1.54, 1.807) is 6.20 Å². The van der Waals surface area contributed by atoms with Crippen LogP contribution in [0.25, 0.3) is 11.3 Å². The van der Waals surface area contributed by atoms with Gasteiger partial charge in [-0.2, -0.15) is 5.10 Å². The lowest BCUT2D eigenvalue weighted by Crippen LogP contribution is -2.45. The monoisotopic (exact) mass is 330 g/mol. The number of carbonyl (C=O) groups excluding carboxylic acids is 1. The molecule has 0 bridgehead atoms. The third kappa shape index (κ3) is 4.35. The van der Waals surface area contributed by atoms with Crippen molar-refractivity contribution in [2.24, 2.45) is 5.73 Å². The molecule has 24 heavy (non-hydrogen) atoms. The Hall–Kier alpha value is -2.34. The number of hydrogen-bond donors (Lipinski definition) is 3. The lowest BCUT2D eigenvalue weighted by molar-refractivity contribution is 0.0516. The fraction of sp³-hybridized carbons (Fsp3) is 0.444. The van der Waals surface area contributed by atoms with Crippen LogP contribution in [-0.4, -0.2) is 35.0 Å². The Morgan fingerprint density at radius 3 is 2.50 bits per heavy atom. The first-order valence-corrected chi connectivity index (χ1v) is 8.01. The molecule has 2 aromatic rings. The van der Waals surface area contributed by atoms with Gasteiger partial charge in [-0.25, -0.2) is 4.79 Å². The summed E-state index contributed by atoms with van der Waals surface area (Å²) in [5.74, 6) is 0. The van der Waals surface area contributed by atoms with Crippen LogP contribution in [0.1, 0.15) is 33.3 Å². The highest BCUT2D eigenvalue weighted by Crippen LogP contribution is 2.30. The molecule has 0 radical (unpaired) electrons. The number of amides is 1. The van der Waals surface area contributed by atoms with Crippen LogP contribution in [0.3, 0.4) is 0 Å². The summed E-state index contributed by atoms with van der Waals surface area (Å²) in [5, 5.41) is 10.0. The second-order valence-corrected chi connectivity index (χ2v) is 7.14. The van der Waals surface area contributed by atoms with E-state index in [1.165, 1.54) is 0 Å². The number of ether oxygens (including phenoxy) is 1. The van der Waals surface area contributed by atoms with Gasteiger partial charge in [0.15, 0.2) is 0 Å². The molecule has 1 unspecified atom stereocenters. The van der Waals surface area contributed by atoms with E-state index >= 15 is 0 Å². The SMILES string of the molecule is CC(C)(C)OC(=O)NCC(C)(CN)c1cn[nH]c1-c1ccccc1. The molecule has 6 nitrogen and oxygen atoms in total. The average molecular weight is 330 g/mol. The number of nitrogens with zero attached hydrogens (tertiary/aromatic N) is 1. The van der Waals surface area contributed by atoms with E-state index in [0.717, 1.165) is 16.8 Å². The Balaban J connectivity index is 2.19. The third-order valence-electron chi connectivity index (χ3n) is 3.82. The summed E-state index contributed by atoms with van der Waals surface area (Å²) in [4.78, 5) is 11.9. The highest BCUT2D eigenvalue weighted by atomic mass is 16.6. The van der Waals surface area contributed by atoms with Gasteiger partial charge in [0.2, 0.25) is 0 Å². The molecule has 130 valence electrons. The highest BCUT2D eigenvalue weighted by Gasteiger charge is 2.31. The van der Waals surface area contributed by atoms with Crippen molar-refractivity contribution in [3.05, 3.63) is 42.1 Å². The Kier molecular flexibility index (Phi) is 5.29. The van der Waals surface area contributed by atoms with E-state index in [9.17, 15) is 4.79 Å². The van der Waals surface area contributed by atoms with Crippen LogP contribution in [0.15, 0.2) is 36.5 Å². The van der Waals surface area contributed by atoms with Crippen molar-refractivity contribution < 1.29 is 9.53 Å². The zero-order chi connectivity index (χ0) is 17.8. The molecule has 2 rings (SSSR count). The number of aromatic amines is 1. The molecule has 1 heterocycles. The number of alkyl carbamates (subject to hydrolysis) is 1. The maximum Gasteiger partial charge on any atom is 0.407 e. The Morgan fingerprint density at radius 2 is 1.92 bits per heavy atom. The molecule has 1 aromatic carbocycles. The van der Waals surface area contributed by atoms with Crippen molar-refractivity contribution in [2.75, 3.05) is 13.1 Å². The molecular weight excluding hydrogens is 304 g/mol. The second kappa shape index (κ2) is 7.05.